The number of benzene rings is 1. The summed E-state index contributed by atoms with van der Waals surface area (Å²) in [6.07, 6.45) is 7.87. The van der Waals surface area contributed by atoms with Gasteiger partial charge in [0.05, 0.1) is 6.20 Å². The molecule has 2 aromatic rings. The first-order valence-electron chi connectivity index (χ1n) is 12.4. The van der Waals surface area contributed by atoms with E-state index in [1.165, 1.54) is 24.8 Å². The second-order valence-electron chi connectivity index (χ2n) is 9.32. The number of nitrogens with zero attached hydrogens (tertiary/aromatic N) is 1. The van der Waals surface area contributed by atoms with Gasteiger partial charge in [-0.25, -0.2) is 4.39 Å². The highest BCUT2D eigenvalue weighted by Gasteiger charge is 2.32. The van der Waals surface area contributed by atoms with Crippen LogP contribution in [-0.2, 0) is 16.1 Å². The summed E-state index contributed by atoms with van der Waals surface area (Å²) in [5, 5.41) is 11.9. The lowest BCUT2D eigenvalue weighted by molar-refractivity contribution is -0.131. The highest BCUT2D eigenvalue weighted by molar-refractivity contribution is 5.96. The Labute approximate surface area is 205 Å². The van der Waals surface area contributed by atoms with Crippen molar-refractivity contribution in [3.05, 3.63) is 53.7 Å². The number of amides is 3. The zero-order chi connectivity index (χ0) is 25.2. The van der Waals surface area contributed by atoms with Crippen molar-refractivity contribution in [3.8, 4) is 0 Å². The highest BCUT2D eigenvalue weighted by Crippen LogP contribution is 2.27. The van der Waals surface area contributed by atoms with Gasteiger partial charge in [0.25, 0.3) is 5.91 Å². The molecule has 8 nitrogen and oxygen atoms in total. The van der Waals surface area contributed by atoms with Crippen LogP contribution in [0.2, 0.25) is 0 Å². The van der Waals surface area contributed by atoms with E-state index in [2.05, 4.69) is 21.1 Å². The Morgan fingerprint density at radius 3 is 2.49 bits per heavy atom. The van der Waals surface area contributed by atoms with E-state index < -0.39 is 35.6 Å². The van der Waals surface area contributed by atoms with Gasteiger partial charge < -0.3 is 20.5 Å². The molecule has 1 aromatic carbocycles. The van der Waals surface area contributed by atoms with Gasteiger partial charge in [0.2, 0.25) is 17.6 Å². The third-order valence-corrected chi connectivity index (χ3v) is 6.78. The minimum Gasteiger partial charge on any atom is -0.351 e. The van der Waals surface area contributed by atoms with Gasteiger partial charge in [-0.05, 0) is 24.3 Å². The molecule has 3 amide bonds. The second-order valence-corrected chi connectivity index (χ2v) is 9.32. The molecule has 190 valence electrons. The van der Waals surface area contributed by atoms with Crippen LogP contribution in [0.15, 0.2) is 41.1 Å². The van der Waals surface area contributed by atoms with Crippen molar-refractivity contribution in [2.75, 3.05) is 0 Å². The van der Waals surface area contributed by atoms with Crippen LogP contribution in [0.5, 0.6) is 0 Å². The van der Waals surface area contributed by atoms with Crippen molar-refractivity contribution in [1.82, 2.24) is 21.1 Å². The van der Waals surface area contributed by atoms with Crippen LogP contribution in [0.1, 0.15) is 74.9 Å². The first-order chi connectivity index (χ1) is 16.9. The molecule has 3 rings (SSSR count). The van der Waals surface area contributed by atoms with Gasteiger partial charge in [-0.1, -0.05) is 75.7 Å². The monoisotopic (exact) mass is 486 g/mol. The average molecular weight is 487 g/mol. The molecular weight excluding hydrogens is 451 g/mol. The lowest BCUT2D eigenvalue weighted by atomic mass is 9.84. The number of carbonyl (C=O) groups is 3. The summed E-state index contributed by atoms with van der Waals surface area (Å²) >= 11 is 0. The van der Waals surface area contributed by atoms with Crippen LogP contribution >= 0.6 is 0 Å². The van der Waals surface area contributed by atoms with Crippen LogP contribution in [-0.4, -0.2) is 35.0 Å². The van der Waals surface area contributed by atoms with E-state index in [0.717, 1.165) is 25.7 Å². The molecule has 3 unspecified atom stereocenters. The molecule has 1 fully saturated rings. The van der Waals surface area contributed by atoms with Crippen LogP contribution in [0.4, 0.5) is 4.39 Å². The van der Waals surface area contributed by atoms with Crippen molar-refractivity contribution in [1.29, 1.82) is 0 Å². The fourth-order valence-corrected chi connectivity index (χ4v) is 4.44. The van der Waals surface area contributed by atoms with E-state index >= 15 is 0 Å². The minimum atomic E-state index is -0.824. The van der Waals surface area contributed by atoms with Gasteiger partial charge in [-0.2, -0.15) is 0 Å². The predicted octanol–water partition coefficient (Wildman–Crippen LogP) is 3.73. The van der Waals surface area contributed by atoms with E-state index in [1.54, 1.807) is 18.2 Å². The third-order valence-electron chi connectivity index (χ3n) is 6.78. The first kappa shape index (κ1) is 26.4. The lowest BCUT2D eigenvalue weighted by Gasteiger charge is -2.29. The maximum Gasteiger partial charge on any atom is 0.290 e. The molecule has 1 aliphatic rings. The van der Waals surface area contributed by atoms with Gasteiger partial charge in [-0.15, -0.1) is 0 Å². The van der Waals surface area contributed by atoms with Crippen LogP contribution in [0.25, 0.3) is 0 Å². The summed E-state index contributed by atoms with van der Waals surface area (Å²) < 4.78 is 18.9. The van der Waals surface area contributed by atoms with Crippen molar-refractivity contribution >= 4 is 17.7 Å². The number of nitrogens with one attached hydrogen (secondary N) is 3. The SMILES string of the molecule is CCC(C)C(NC(=O)C(CC1CCCCC1)NC(=O)c1ccno1)C(=O)NCc1ccccc1F. The molecular formula is C26H35FN4O4. The number of carbonyl (C=O) groups excluding carboxylic acids is 3. The van der Waals surface area contributed by atoms with Crippen LogP contribution in [0.3, 0.4) is 0 Å². The lowest BCUT2D eigenvalue weighted by Crippen LogP contribution is -2.56. The summed E-state index contributed by atoms with van der Waals surface area (Å²) in [6, 6.07) is 6.02. The Kier molecular flexibility index (Phi) is 9.81. The fraction of sp³-hybridized carbons (Fsp3) is 0.538. The molecule has 9 heteroatoms. The summed E-state index contributed by atoms with van der Waals surface area (Å²) in [4.78, 5) is 39.0. The van der Waals surface area contributed by atoms with E-state index in [4.69, 9.17) is 4.52 Å². The van der Waals surface area contributed by atoms with E-state index in [-0.39, 0.29) is 18.2 Å². The van der Waals surface area contributed by atoms with Gasteiger partial charge in [0.1, 0.15) is 17.9 Å². The molecule has 35 heavy (non-hydrogen) atoms. The van der Waals surface area contributed by atoms with E-state index in [9.17, 15) is 18.8 Å². The Bertz CT molecular complexity index is 975. The van der Waals surface area contributed by atoms with Gasteiger partial charge in [0, 0.05) is 18.2 Å². The molecule has 3 atom stereocenters. The van der Waals surface area contributed by atoms with E-state index in [0.29, 0.717) is 24.3 Å². The first-order valence-corrected chi connectivity index (χ1v) is 12.4. The summed E-state index contributed by atoms with van der Waals surface area (Å²) in [7, 11) is 0. The smallest absolute Gasteiger partial charge is 0.290 e. The average Bonchev–Trinajstić information content (AvgIpc) is 3.41. The number of aromatic nitrogens is 1. The Balaban J connectivity index is 1.70. The number of hydrogen-bond donors (Lipinski definition) is 3. The van der Waals surface area contributed by atoms with Crippen molar-refractivity contribution in [2.45, 2.75) is 77.4 Å². The van der Waals surface area contributed by atoms with Crippen molar-refractivity contribution in [3.63, 3.8) is 0 Å². The zero-order valence-corrected chi connectivity index (χ0v) is 20.4. The topological polar surface area (TPSA) is 113 Å². The molecule has 0 aliphatic heterocycles. The molecule has 1 heterocycles. The van der Waals surface area contributed by atoms with Crippen molar-refractivity contribution in [2.24, 2.45) is 11.8 Å². The molecule has 1 saturated carbocycles. The number of hydrogen-bond acceptors (Lipinski definition) is 5. The Morgan fingerprint density at radius 1 is 1.09 bits per heavy atom. The Morgan fingerprint density at radius 2 is 1.83 bits per heavy atom. The molecule has 1 aliphatic carbocycles. The quantitative estimate of drug-likeness (QED) is 0.448. The normalized spacial score (nSPS) is 16.7. The highest BCUT2D eigenvalue weighted by atomic mass is 19.1. The van der Waals surface area contributed by atoms with Crippen molar-refractivity contribution < 1.29 is 23.3 Å². The summed E-state index contributed by atoms with van der Waals surface area (Å²) in [5.41, 5.74) is 0.365. The second kappa shape index (κ2) is 13.0. The maximum absolute atomic E-state index is 14.0. The van der Waals surface area contributed by atoms with Gasteiger partial charge in [-0.3, -0.25) is 14.4 Å². The van der Waals surface area contributed by atoms with Crippen LogP contribution in [0, 0.1) is 17.7 Å². The third kappa shape index (κ3) is 7.63. The van der Waals surface area contributed by atoms with Crippen LogP contribution < -0.4 is 16.0 Å². The molecule has 3 N–H and O–H groups in total. The van der Waals surface area contributed by atoms with Gasteiger partial charge >= 0.3 is 0 Å². The molecule has 1 aromatic heterocycles. The largest absolute Gasteiger partial charge is 0.351 e. The molecule has 0 saturated heterocycles. The minimum absolute atomic E-state index is 0.0159. The number of rotatable bonds is 11. The number of halogens is 1. The molecule has 0 spiro atoms. The zero-order valence-electron chi connectivity index (χ0n) is 20.4. The summed E-state index contributed by atoms with van der Waals surface area (Å²) in [6.45, 7) is 3.82. The standard InChI is InChI=1S/C26H35FN4O4/c1-3-17(2)23(26(34)28-16-19-11-7-8-12-20(19)27)31-24(32)21(15-18-9-5-4-6-10-18)30-25(33)22-13-14-29-35-22/h7-8,11-14,17-18,21,23H,3-6,9-10,15-16H2,1-2H3,(H,28,34)(H,30,33)(H,31,32). The maximum atomic E-state index is 14.0. The Hall–Kier alpha value is -3.23. The molecule has 0 bridgehead atoms. The predicted molar refractivity (Wildman–Crippen MR) is 129 cm³/mol. The fourth-order valence-electron chi connectivity index (χ4n) is 4.44. The summed E-state index contributed by atoms with van der Waals surface area (Å²) in [5.74, 6) is -1.58. The molecule has 0 radical (unpaired) electrons. The van der Waals surface area contributed by atoms with Gasteiger partial charge in [0.15, 0.2) is 0 Å². The van der Waals surface area contributed by atoms with E-state index in [1.807, 2.05) is 13.8 Å².